The van der Waals surface area contributed by atoms with Gasteiger partial charge in [-0.25, -0.2) is 9.59 Å². The molecule has 1 aromatic carbocycles. The number of piperidine rings is 1. The van der Waals surface area contributed by atoms with Gasteiger partial charge in [-0.1, -0.05) is 35.3 Å². The number of nitrogens with zero attached hydrogens (tertiary/aromatic N) is 2. The highest BCUT2D eigenvalue weighted by molar-refractivity contribution is 7.14. The zero-order valence-corrected chi connectivity index (χ0v) is 32.4. The van der Waals surface area contributed by atoms with Crippen molar-refractivity contribution in [2.75, 3.05) is 47.6 Å². The molecule has 2 atom stereocenters. The summed E-state index contributed by atoms with van der Waals surface area (Å²) in [7, 11) is 5.10. The van der Waals surface area contributed by atoms with E-state index in [2.05, 4.69) is 17.3 Å². The topological polar surface area (TPSA) is 171 Å². The van der Waals surface area contributed by atoms with Gasteiger partial charge in [0.2, 0.25) is 0 Å². The third-order valence-corrected chi connectivity index (χ3v) is 11.5. The zero-order chi connectivity index (χ0) is 38.5. The van der Waals surface area contributed by atoms with Crippen molar-refractivity contribution in [3.05, 3.63) is 101 Å². The van der Waals surface area contributed by atoms with Crippen LogP contribution in [-0.4, -0.2) is 81.1 Å². The first-order valence-corrected chi connectivity index (χ1v) is 18.8. The number of aliphatic hydroxyl groups excluding tert-OH is 1. The number of methoxy groups -OCH3 is 2. The summed E-state index contributed by atoms with van der Waals surface area (Å²) in [5, 5.41) is 34.7. The number of nitrogens with one attached hydrogen (secondary N) is 1. The number of rotatable bonds is 15. The first-order chi connectivity index (χ1) is 25.5. The molecule has 1 aliphatic heterocycles. The van der Waals surface area contributed by atoms with Crippen molar-refractivity contribution in [1.29, 1.82) is 0 Å². The maximum absolute atomic E-state index is 13.6. The molecule has 0 amide bonds. The smallest absolute Gasteiger partial charge is 0.348 e. The van der Waals surface area contributed by atoms with Crippen LogP contribution in [0.15, 0.2) is 60.2 Å². The van der Waals surface area contributed by atoms with Gasteiger partial charge in [0.05, 0.1) is 27.4 Å². The number of hydrogen-bond acceptors (Lipinski definition) is 13. The van der Waals surface area contributed by atoms with Crippen LogP contribution in [-0.2, 0) is 37.6 Å². The molecule has 1 saturated heterocycles. The number of hydrogen-bond donors (Lipinski definition) is 3. The Balaban J connectivity index is 0.00000202. The van der Waals surface area contributed by atoms with E-state index in [9.17, 15) is 19.9 Å². The largest absolute Gasteiger partial charge is 0.619 e. The van der Waals surface area contributed by atoms with Crippen LogP contribution in [0.25, 0.3) is 0 Å². The van der Waals surface area contributed by atoms with Crippen LogP contribution >= 0.6 is 45.9 Å². The fraction of sp³-hybridized carbons (Fsp3) is 0.389. The summed E-state index contributed by atoms with van der Waals surface area (Å²) in [4.78, 5) is 39.5. The molecule has 53 heavy (non-hydrogen) atoms. The van der Waals surface area contributed by atoms with Crippen LogP contribution in [0, 0.1) is 11.1 Å². The SMILES string of the molecule is COc1ccc([C@H](Cc2c(Cl)c[n+]([O-])cc2Cl)OC(=O)c2ccc(CNC(CO)(C(=O)OCC3CCN(C)CC3)c3cccs3)s2)cc1OC.O=CO. The maximum Gasteiger partial charge on any atom is 0.348 e. The molecule has 0 spiro atoms. The van der Waals surface area contributed by atoms with E-state index in [1.807, 2.05) is 11.4 Å². The van der Waals surface area contributed by atoms with Gasteiger partial charge in [0.15, 0.2) is 29.4 Å². The molecular weight excluding hydrogens is 769 g/mol. The molecule has 1 aliphatic rings. The number of carbonyl (C=O) groups excluding carboxylic acids is 2. The van der Waals surface area contributed by atoms with Crippen molar-refractivity contribution in [3.63, 3.8) is 0 Å². The van der Waals surface area contributed by atoms with Gasteiger partial charge in [-0.2, -0.15) is 4.73 Å². The average Bonchev–Trinajstić information content (AvgIpc) is 3.87. The second-order valence-corrected chi connectivity index (χ2v) is 15.0. The molecule has 0 bridgehead atoms. The third-order valence-electron chi connectivity index (χ3n) is 8.72. The molecule has 0 radical (unpaired) electrons. The Hall–Kier alpha value is -3.96. The Labute approximate surface area is 325 Å². The highest BCUT2D eigenvalue weighted by atomic mass is 35.5. The summed E-state index contributed by atoms with van der Waals surface area (Å²) < 4.78 is 23.2. The number of carbonyl (C=O) groups is 3. The summed E-state index contributed by atoms with van der Waals surface area (Å²) in [6.45, 7) is 1.59. The Bertz CT molecular complexity index is 1800. The lowest BCUT2D eigenvalue weighted by Gasteiger charge is -2.32. The van der Waals surface area contributed by atoms with E-state index in [1.54, 1.807) is 36.4 Å². The third kappa shape index (κ3) is 10.8. The number of ether oxygens (including phenoxy) is 4. The minimum Gasteiger partial charge on any atom is -0.619 e. The lowest BCUT2D eigenvalue weighted by atomic mass is 9.96. The van der Waals surface area contributed by atoms with Gasteiger partial charge in [-0.15, -0.1) is 22.7 Å². The van der Waals surface area contributed by atoms with Gasteiger partial charge in [0.25, 0.3) is 6.47 Å². The number of aliphatic hydroxyl groups is 1. The number of esters is 2. The zero-order valence-electron chi connectivity index (χ0n) is 29.3. The maximum atomic E-state index is 13.6. The van der Waals surface area contributed by atoms with E-state index < -0.39 is 30.2 Å². The molecule has 3 N–H and O–H groups in total. The van der Waals surface area contributed by atoms with E-state index >= 15 is 0 Å². The Morgan fingerprint density at radius 3 is 2.40 bits per heavy atom. The fourth-order valence-electron chi connectivity index (χ4n) is 5.72. The van der Waals surface area contributed by atoms with Gasteiger partial charge < -0.3 is 39.3 Å². The van der Waals surface area contributed by atoms with Gasteiger partial charge in [0, 0.05) is 28.3 Å². The number of thiophene rings is 2. The Morgan fingerprint density at radius 1 is 1.11 bits per heavy atom. The number of likely N-dealkylation sites (tertiary alicyclic amines) is 1. The highest BCUT2D eigenvalue weighted by Crippen LogP contribution is 2.36. The molecule has 4 heterocycles. The summed E-state index contributed by atoms with van der Waals surface area (Å²) in [5.41, 5.74) is -0.456. The summed E-state index contributed by atoms with van der Waals surface area (Å²) in [6.07, 6.45) is 3.44. The van der Waals surface area contributed by atoms with E-state index in [0.717, 1.165) is 30.8 Å². The average molecular weight is 811 g/mol. The molecule has 5 rings (SSSR count). The van der Waals surface area contributed by atoms with Crippen LogP contribution in [0.2, 0.25) is 10.0 Å². The fourth-order valence-corrected chi connectivity index (χ4v) is 8.04. The molecule has 286 valence electrons. The van der Waals surface area contributed by atoms with Crippen LogP contribution in [0.5, 0.6) is 11.5 Å². The van der Waals surface area contributed by atoms with Crippen molar-refractivity contribution in [3.8, 4) is 11.5 Å². The van der Waals surface area contributed by atoms with Crippen molar-refractivity contribution in [1.82, 2.24) is 10.2 Å². The Morgan fingerprint density at radius 2 is 1.79 bits per heavy atom. The first kappa shape index (κ1) is 41.8. The molecular formula is C36H41Cl2N3O10S2. The number of aromatic nitrogens is 1. The van der Waals surface area contributed by atoms with E-state index in [1.165, 1.54) is 49.3 Å². The van der Waals surface area contributed by atoms with Crippen LogP contribution in [0.3, 0.4) is 0 Å². The van der Waals surface area contributed by atoms with E-state index in [4.69, 9.17) is 52.1 Å². The lowest BCUT2D eigenvalue weighted by Crippen LogP contribution is -2.52. The minimum absolute atomic E-state index is 0.0685. The second kappa shape index (κ2) is 19.9. The highest BCUT2D eigenvalue weighted by Gasteiger charge is 2.43. The molecule has 4 aromatic rings. The molecule has 1 unspecified atom stereocenters. The van der Waals surface area contributed by atoms with Crippen molar-refractivity contribution < 1.29 is 48.3 Å². The molecule has 0 aliphatic carbocycles. The normalized spacial score (nSPS) is 15.0. The summed E-state index contributed by atoms with van der Waals surface area (Å²) in [6, 6.07) is 12.2. The van der Waals surface area contributed by atoms with Crippen LogP contribution < -0.4 is 19.5 Å². The number of carboxylic acid groups (broad SMARTS) is 1. The van der Waals surface area contributed by atoms with Crippen LogP contribution in [0.1, 0.15) is 49.5 Å². The van der Waals surface area contributed by atoms with Crippen LogP contribution in [0.4, 0.5) is 0 Å². The number of pyridine rings is 1. The minimum atomic E-state index is -1.47. The lowest BCUT2D eigenvalue weighted by molar-refractivity contribution is -0.605. The molecule has 13 nitrogen and oxygen atoms in total. The van der Waals surface area contributed by atoms with Gasteiger partial charge in [-0.05, 0) is 80.2 Å². The van der Waals surface area contributed by atoms with Crippen molar-refractivity contribution in [2.45, 2.75) is 37.5 Å². The predicted molar refractivity (Wildman–Crippen MR) is 201 cm³/mol. The predicted octanol–water partition coefficient (Wildman–Crippen LogP) is 5.47. The molecule has 1 fully saturated rings. The molecule has 3 aromatic heterocycles. The quantitative estimate of drug-likeness (QED) is 0.0600. The van der Waals surface area contributed by atoms with Gasteiger partial charge in [-0.3, -0.25) is 10.1 Å². The summed E-state index contributed by atoms with van der Waals surface area (Å²) >= 11 is 15.3. The van der Waals surface area contributed by atoms with Gasteiger partial charge in [0.1, 0.15) is 21.0 Å². The van der Waals surface area contributed by atoms with Gasteiger partial charge >= 0.3 is 11.9 Å². The molecule has 0 saturated carbocycles. The van der Waals surface area contributed by atoms with E-state index in [0.29, 0.717) is 37.1 Å². The summed E-state index contributed by atoms with van der Waals surface area (Å²) in [5.74, 6) is 0.0391. The number of halogens is 2. The van der Waals surface area contributed by atoms with Crippen molar-refractivity contribution >= 4 is 64.3 Å². The van der Waals surface area contributed by atoms with E-state index in [-0.39, 0.29) is 42.0 Å². The first-order valence-electron chi connectivity index (χ1n) is 16.4. The standard InChI is InChI=1S/C35H39Cl2N3O8S2.CH2O2/c1-39-12-10-22(11-13-39)20-47-34(43)35(21-41,32-5-4-14-49-32)38-17-24-7-9-31(50-24)33(42)48-29(16-25-26(36)18-40(44)19-27(25)37)23-6-8-28(45-2)30(15-23)46-3;2-1-3/h4-9,14-15,18-19,22,29,38,41H,10-13,16-17,20-21H2,1-3H3;1H,(H,2,3)/t29-,35?;/m0./s1. The number of benzene rings is 1. The monoisotopic (exact) mass is 809 g/mol. The van der Waals surface area contributed by atoms with Crippen molar-refractivity contribution in [2.24, 2.45) is 5.92 Å². The second-order valence-electron chi connectivity index (χ2n) is 12.1. The Kier molecular flexibility index (Phi) is 15.7. The molecule has 17 heteroatoms.